The lowest BCUT2D eigenvalue weighted by Crippen LogP contribution is -2.49. The van der Waals surface area contributed by atoms with Gasteiger partial charge in [0.1, 0.15) is 34.4 Å². The Morgan fingerprint density at radius 3 is 1.63 bits per heavy atom. The number of carbonyl (C=O) groups excluding carboxylic acids is 3. The van der Waals surface area contributed by atoms with E-state index in [1.807, 2.05) is 123 Å². The molecule has 0 atom stereocenters. The van der Waals surface area contributed by atoms with Crippen LogP contribution in [0.25, 0.3) is 44.3 Å². The van der Waals surface area contributed by atoms with E-state index in [-0.39, 0.29) is 40.1 Å². The lowest BCUT2D eigenvalue weighted by atomic mass is 9.71. The molecule has 4 aliphatic rings. The number of pyridine rings is 9. The molecule has 16 heterocycles. The number of amides is 3. The monoisotopic (exact) mass is 1280 g/mol. The van der Waals surface area contributed by atoms with Gasteiger partial charge in [-0.25, -0.2) is 49.5 Å². The fourth-order valence-electron chi connectivity index (χ4n) is 10.5. The molecule has 0 saturated carbocycles. The third-order valence-electron chi connectivity index (χ3n) is 15.4. The van der Waals surface area contributed by atoms with Crippen molar-refractivity contribution in [3.63, 3.8) is 0 Å². The standard InChI is InChI=1S/C14H19N3O.C9H11N3O.C9H10N2O.C9H8N2O.C8H7N3O.C8H8N2.C7H7N3O.C6H7N/c1-10-7-11-8-14(3-5-17(2)6-4-14)13(18)16-12(11)15-9-10;1-6-2-7-4-10-5-8(13)12-9(7)11-3-6;2*1-6-4-7-2-3-8(12)11-9(7)10-5-6;1-5-2-6-4-10-8(12)11-7(6)9-3-5;1-6-4-7-2-3-9-8(7)10-5-6;1-4-2-5-6(8-3-4)10-7(11)9-5;1-6-3-2-4-7-5-6/h7,9H,3-6,8H2,1-2H3,(H,15,16,18);2-3,10H,4-5H2,1H3,(H,11,12,13);4-5H,2-3H2,1H3,(H,10,11,12);2-5H,1H3,(H,10,11,12);2-4H,1H3,(H,9,10,11,12);2-5H,1H3,(H,9,10);2-3H,1H3,(H2,8,9,10,11);2-5H,1H3. The van der Waals surface area contributed by atoms with Crippen LogP contribution in [0, 0.1) is 60.8 Å². The van der Waals surface area contributed by atoms with Gasteiger partial charge in [0.05, 0.1) is 17.5 Å². The zero-order chi connectivity index (χ0) is 67.6. The second kappa shape index (κ2) is 31.8. The summed E-state index contributed by atoms with van der Waals surface area (Å²) in [4.78, 5) is 119. The predicted octanol–water partition coefficient (Wildman–Crippen LogP) is 8.98. The molecule has 16 rings (SSSR count). The third kappa shape index (κ3) is 19.6. The molecule has 25 nitrogen and oxygen atoms in total. The average molecular weight is 1280 g/mol. The van der Waals surface area contributed by atoms with Crippen LogP contribution in [-0.4, -0.2) is 119 Å². The lowest BCUT2D eigenvalue weighted by molar-refractivity contribution is -0.128. The van der Waals surface area contributed by atoms with Crippen LogP contribution in [0.5, 0.6) is 0 Å². The van der Waals surface area contributed by atoms with Crippen LogP contribution in [-0.2, 0) is 33.8 Å². The first-order valence-electron chi connectivity index (χ1n) is 30.9. The summed E-state index contributed by atoms with van der Waals surface area (Å²) in [7, 11) is 2.12. The van der Waals surface area contributed by atoms with Crippen molar-refractivity contribution in [2.45, 2.75) is 94.0 Å². The van der Waals surface area contributed by atoms with Gasteiger partial charge < -0.3 is 41.1 Å². The molecular formula is C70H77N19O6. The van der Waals surface area contributed by atoms with Crippen LogP contribution in [0.2, 0.25) is 0 Å². The maximum atomic E-state index is 12.4. The number of hydrogen-bond acceptors (Lipinski definition) is 17. The second-order valence-corrected chi connectivity index (χ2v) is 23.8. The van der Waals surface area contributed by atoms with E-state index in [2.05, 4.69) is 121 Å². The highest BCUT2D eigenvalue weighted by atomic mass is 16.2. The average Bonchev–Trinajstić information content (AvgIpc) is 1.46. The van der Waals surface area contributed by atoms with Crippen LogP contribution in [0.15, 0.2) is 155 Å². The first-order valence-corrected chi connectivity index (χ1v) is 30.9. The van der Waals surface area contributed by atoms with Crippen molar-refractivity contribution in [2.75, 3.05) is 42.6 Å². The molecule has 0 aliphatic carbocycles. The number of piperidine rings is 1. The summed E-state index contributed by atoms with van der Waals surface area (Å²) in [6.07, 6.45) is 23.5. The summed E-state index contributed by atoms with van der Waals surface area (Å²) >= 11 is 0. The summed E-state index contributed by atoms with van der Waals surface area (Å²) in [5, 5.41) is 14.5. The van der Waals surface area contributed by atoms with E-state index in [1.54, 1.807) is 43.2 Å². The van der Waals surface area contributed by atoms with Gasteiger partial charge in [0.15, 0.2) is 5.65 Å². The van der Waals surface area contributed by atoms with Gasteiger partial charge in [-0.05, 0) is 205 Å². The fourth-order valence-corrected chi connectivity index (χ4v) is 10.5. The van der Waals surface area contributed by atoms with Crippen molar-refractivity contribution in [1.29, 1.82) is 0 Å². The first-order chi connectivity index (χ1) is 45.6. The van der Waals surface area contributed by atoms with E-state index in [0.717, 1.165) is 117 Å². The maximum absolute atomic E-state index is 12.4. The number of imidazole rings is 1. The number of hydrogen-bond donors (Lipinski definition) is 9. The molecule has 0 aromatic carbocycles. The minimum Gasteiger partial charge on any atom is -0.346 e. The highest BCUT2D eigenvalue weighted by Crippen LogP contribution is 2.41. The molecule has 4 aliphatic heterocycles. The van der Waals surface area contributed by atoms with Crippen molar-refractivity contribution >= 4 is 79.4 Å². The molecule has 12 aromatic heterocycles. The van der Waals surface area contributed by atoms with E-state index in [4.69, 9.17) is 0 Å². The Bertz CT molecular complexity index is 4750. The number of aromatic nitrogens is 14. The van der Waals surface area contributed by atoms with Gasteiger partial charge in [-0.3, -0.25) is 34.1 Å². The second-order valence-electron chi connectivity index (χ2n) is 23.8. The van der Waals surface area contributed by atoms with Crippen LogP contribution < -0.4 is 38.2 Å². The highest BCUT2D eigenvalue weighted by molar-refractivity contribution is 5.98. The molecule has 12 aromatic rings. The van der Waals surface area contributed by atoms with Gasteiger partial charge in [-0.2, -0.15) is 0 Å². The number of aryl methyl sites for hydroxylation is 9. The molecule has 9 N–H and O–H groups in total. The Labute approximate surface area is 547 Å². The van der Waals surface area contributed by atoms with E-state index < -0.39 is 0 Å². The number of aromatic amines is 5. The molecule has 95 heavy (non-hydrogen) atoms. The molecule has 488 valence electrons. The van der Waals surface area contributed by atoms with Crippen molar-refractivity contribution in [3.05, 3.63) is 233 Å². The molecule has 1 spiro atoms. The predicted molar refractivity (Wildman–Crippen MR) is 369 cm³/mol. The fraction of sp³-hybridized carbons (Fsp3) is 0.271. The Morgan fingerprint density at radius 2 is 0.989 bits per heavy atom. The summed E-state index contributed by atoms with van der Waals surface area (Å²) < 4.78 is 0. The van der Waals surface area contributed by atoms with Crippen LogP contribution in [0.3, 0.4) is 0 Å². The Morgan fingerprint density at radius 1 is 0.442 bits per heavy atom. The maximum Gasteiger partial charge on any atom is 0.346 e. The van der Waals surface area contributed by atoms with Gasteiger partial charge in [0, 0.05) is 109 Å². The quantitative estimate of drug-likeness (QED) is 0.0683. The zero-order valence-corrected chi connectivity index (χ0v) is 54.6. The molecule has 1 fully saturated rings. The van der Waals surface area contributed by atoms with Crippen LogP contribution in [0.4, 0.5) is 17.5 Å². The lowest BCUT2D eigenvalue weighted by Gasteiger charge is -2.42. The zero-order valence-electron chi connectivity index (χ0n) is 54.6. The largest absolute Gasteiger partial charge is 0.346 e. The summed E-state index contributed by atoms with van der Waals surface area (Å²) in [6, 6.07) is 23.4. The van der Waals surface area contributed by atoms with E-state index >= 15 is 0 Å². The number of fused-ring (bicyclic) bond motifs is 7. The van der Waals surface area contributed by atoms with Crippen LogP contribution in [0.1, 0.15) is 80.5 Å². The van der Waals surface area contributed by atoms with Gasteiger partial charge in [0.2, 0.25) is 23.3 Å². The van der Waals surface area contributed by atoms with Gasteiger partial charge in [-0.15, -0.1) is 0 Å². The van der Waals surface area contributed by atoms with Gasteiger partial charge in [-0.1, -0.05) is 18.2 Å². The van der Waals surface area contributed by atoms with Crippen molar-refractivity contribution in [1.82, 2.24) is 80.0 Å². The molecule has 3 amide bonds. The number of nitrogens with zero attached hydrogens (tertiary/aromatic N) is 10. The number of likely N-dealkylation sites (tertiary alicyclic amines) is 1. The summed E-state index contributed by atoms with van der Waals surface area (Å²) in [5.74, 6) is 2.38. The van der Waals surface area contributed by atoms with Gasteiger partial charge >= 0.3 is 11.4 Å². The molecule has 0 unspecified atom stereocenters. The van der Waals surface area contributed by atoms with Crippen molar-refractivity contribution < 1.29 is 14.4 Å². The SMILES string of the molecule is Cc1cccnc1.Cc1cnc2[nH]c(=O)[nH]c2c1.Cc1cnc2[nH]c(=O)ccc2c1.Cc1cnc2[nH]c(=O)ncc2c1.Cc1cnc2[nH]ccc2c1.Cc1cnc2c(c1)CC1(CCN(C)CC1)C(=O)N2.Cc1cnc2c(c1)CCC(=O)N2.Cc1cnc2c(c1)CNCC(=O)N2. The summed E-state index contributed by atoms with van der Waals surface area (Å²) in [5.41, 5.74) is 15.1. The van der Waals surface area contributed by atoms with Crippen LogP contribution >= 0.6 is 0 Å². The van der Waals surface area contributed by atoms with Crippen molar-refractivity contribution in [3.8, 4) is 0 Å². The molecule has 1 saturated heterocycles. The first kappa shape index (κ1) is 68.1. The Balaban J connectivity index is 0.000000129. The number of carbonyl (C=O) groups is 3. The van der Waals surface area contributed by atoms with Gasteiger partial charge in [0.25, 0.3) is 0 Å². The third-order valence-corrected chi connectivity index (χ3v) is 15.4. The smallest absolute Gasteiger partial charge is 0.346 e. The minimum absolute atomic E-state index is 0.0323. The molecule has 0 radical (unpaired) electrons. The number of H-pyrrole nitrogens is 5. The number of anilines is 3. The molecule has 25 heteroatoms. The topological polar surface area (TPSA) is 349 Å². The normalized spacial score (nSPS) is 14.0. The van der Waals surface area contributed by atoms with E-state index in [1.165, 1.54) is 34.3 Å². The minimum atomic E-state index is -0.362. The Kier molecular flexibility index (Phi) is 22.8. The van der Waals surface area contributed by atoms with E-state index in [9.17, 15) is 28.8 Å². The number of nitrogens with one attached hydrogen (secondary N) is 9. The van der Waals surface area contributed by atoms with Crippen molar-refractivity contribution in [2.24, 2.45) is 5.41 Å². The highest BCUT2D eigenvalue weighted by Gasteiger charge is 2.44. The Hall–Kier alpha value is -11.3. The molecule has 0 bridgehead atoms. The molecular weight excluding hydrogens is 1200 g/mol. The summed E-state index contributed by atoms with van der Waals surface area (Å²) in [6.45, 7) is 19.0. The number of rotatable bonds is 0. The van der Waals surface area contributed by atoms with E-state index in [0.29, 0.717) is 42.3 Å².